The van der Waals surface area contributed by atoms with Crippen LogP contribution in [0.1, 0.15) is 22.8 Å². The molecular formula is C14H16N2O3. The Bertz CT molecular complexity index is 566. The molecule has 1 heterocycles. The maximum absolute atomic E-state index is 11.9. The number of Topliss-reactive ketones (excluding diaryl/α,β-unsaturated/α-hetero) is 1. The Morgan fingerprint density at radius 3 is 2.63 bits per heavy atom. The SMILES string of the molecule is CCN(C)C(=O)CN1C(=O)C(=O)c2cc(C)ccc21. The molecule has 0 spiro atoms. The van der Waals surface area contributed by atoms with Gasteiger partial charge in [0.25, 0.3) is 11.7 Å². The van der Waals surface area contributed by atoms with Gasteiger partial charge in [-0.1, -0.05) is 11.6 Å². The predicted octanol–water partition coefficient (Wildman–Crippen LogP) is 1.00. The molecule has 0 unspecified atom stereocenters. The molecule has 1 aromatic carbocycles. The first kappa shape index (κ1) is 13.3. The Balaban J connectivity index is 2.31. The van der Waals surface area contributed by atoms with Crippen molar-refractivity contribution >= 4 is 23.3 Å². The lowest BCUT2D eigenvalue weighted by molar-refractivity contribution is -0.129. The summed E-state index contributed by atoms with van der Waals surface area (Å²) in [6, 6.07) is 5.22. The maximum atomic E-state index is 11.9. The van der Waals surface area contributed by atoms with E-state index in [1.54, 1.807) is 19.2 Å². The van der Waals surface area contributed by atoms with Crippen molar-refractivity contribution in [2.45, 2.75) is 13.8 Å². The fourth-order valence-corrected chi connectivity index (χ4v) is 2.00. The van der Waals surface area contributed by atoms with Gasteiger partial charge in [0.2, 0.25) is 5.91 Å². The Morgan fingerprint density at radius 2 is 2.00 bits per heavy atom. The fraction of sp³-hybridized carbons (Fsp3) is 0.357. The zero-order valence-corrected chi connectivity index (χ0v) is 11.3. The molecule has 0 saturated carbocycles. The molecule has 1 aromatic rings. The first-order valence-electron chi connectivity index (χ1n) is 6.16. The maximum Gasteiger partial charge on any atom is 0.299 e. The second kappa shape index (κ2) is 4.84. The van der Waals surface area contributed by atoms with Crippen LogP contribution >= 0.6 is 0 Å². The lowest BCUT2D eigenvalue weighted by Gasteiger charge is -2.20. The van der Waals surface area contributed by atoms with E-state index < -0.39 is 11.7 Å². The third-order valence-electron chi connectivity index (χ3n) is 3.32. The topological polar surface area (TPSA) is 57.7 Å². The van der Waals surface area contributed by atoms with E-state index in [9.17, 15) is 14.4 Å². The summed E-state index contributed by atoms with van der Waals surface area (Å²) in [5, 5.41) is 0. The molecule has 2 amide bonds. The largest absolute Gasteiger partial charge is 0.344 e. The van der Waals surface area contributed by atoms with Crippen molar-refractivity contribution in [2.24, 2.45) is 0 Å². The molecule has 5 nitrogen and oxygen atoms in total. The van der Waals surface area contributed by atoms with E-state index in [0.717, 1.165) is 5.56 Å². The van der Waals surface area contributed by atoms with Crippen molar-refractivity contribution in [3.63, 3.8) is 0 Å². The number of carbonyl (C=O) groups is 3. The number of fused-ring (bicyclic) bond motifs is 1. The summed E-state index contributed by atoms with van der Waals surface area (Å²) < 4.78 is 0. The van der Waals surface area contributed by atoms with Crippen molar-refractivity contribution in [2.75, 3.05) is 25.0 Å². The monoisotopic (exact) mass is 260 g/mol. The van der Waals surface area contributed by atoms with Crippen LogP contribution in [0.2, 0.25) is 0 Å². The number of aryl methyl sites for hydroxylation is 1. The van der Waals surface area contributed by atoms with E-state index in [1.807, 2.05) is 19.9 Å². The summed E-state index contributed by atoms with van der Waals surface area (Å²) in [5.41, 5.74) is 1.83. The third kappa shape index (κ3) is 2.23. The van der Waals surface area contributed by atoms with Crippen LogP contribution in [-0.4, -0.2) is 42.6 Å². The summed E-state index contributed by atoms with van der Waals surface area (Å²) in [6.45, 7) is 4.18. The van der Waals surface area contributed by atoms with Crippen LogP contribution in [0, 0.1) is 6.92 Å². The Kier molecular flexibility index (Phi) is 3.38. The predicted molar refractivity (Wildman–Crippen MR) is 71.2 cm³/mol. The number of rotatable bonds is 3. The first-order valence-corrected chi connectivity index (χ1v) is 6.16. The highest BCUT2D eigenvalue weighted by Gasteiger charge is 2.36. The average Bonchev–Trinajstić information content (AvgIpc) is 2.62. The lowest BCUT2D eigenvalue weighted by atomic mass is 10.1. The molecule has 5 heteroatoms. The van der Waals surface area contributed by atoms with Gasteiger partial charge in [-0.05, 0) is 26.0 Å². The summed E-state index contributed by atoms with van der Waals surface area (Å²) in [4.78, 5) is 38.4. The van der Waals surface area contributed by atoms with E-state index in [2.05, 4.69) is 0 Å². The van der Waals surface area contributed by atoms with Crippen molar-refractivity contribution in [3.8, 4) is 0 Å². The van der Waals surface area contributed by atoms with E-state index in [1.165, 1.54) is 9.80 Å². The number of nitrogens with zero attached hydrogens (tertiary/aromatic N) is 2. The normalized spacial score (nSPS) is 13.7. The minimum absolute atomic E-state index is 0.0923. The number of carbonyl (C=O) groups excluding carboxylic acids is 3. The van der Waals surface area contributed by atoms with Gasteiger partial charge in [-0.3, -0.25) is 19.3 Å². The molecule has 2 rings (SSSR count). The van der Waals surface area contributed by atoms with Crippen LogP contribution < -0.4 is 4.90 Å². The van der Waals surface area contributed by atoms with Crippen molar-refractivity contribution < 1.29 is 14.4 Å². The molecule has 1 aliphatic heterocycles. The second-order valence-corrected chi connectivity index (χ2v) is 4.65. The third-order valence-corrected chi connectivity index (χ3v) is 3.32. The summed E-state index contributed by atoms with van der Waals surface area (Å²) in [7, 11) is 1.67. The van der Waals surface area contributed by atoms with Crippen LogP contribution in [0.5, 0.6) is 0 Å². The molecule has 0 atom stereocenters. The van der Waals surface area contributed by atoms with E-state index in [4.69, 9.17) is 0 Å². The highest BCUT2D eigenvalue weighted by atomic mass is 16.2. The number of ketones is 1. The molecule has 0 radical (unpaired) electrons. The second-order valence-electron chi connectivity index (χ2n) is 4.65. The molecule has 0 saturated heterocycles. The number of hydrogen-bond donors (Lipinski definition) is 0. The fourth-order valence-electron chi connectivity index (χ4n) is 2.00. The smallest absolute Gasteiger partial charge is 0.299 e. The highest BCUT2D eigenvalue weighted by molar-refractivity contribution is 6.52. The Morgan fingerprint density at radius 1 is 1.32 bits per heavy atom. The minimum Gasteiger partial charge on any atom is -0.344 e. The van der Waals surface area contributed by atoms with Crippen molar-refractivity contribution in [1.29, 1.82) is 0 Å². The number of likely N-dealkylation sites (N-methyl/N-ethyl adjacent to an activating group) is 1. The highest BCUT2D eigenvalue weighted by Crippen LogP contribution is 2.29. The van der Waals surface area contributed by atoms with Crippen LogP contribution in [0.3, 0.4) is 0 Å². The average molecular weight is 260 g/mol. The Labute approximate surface area is 111 Å². The van der Waals surface area contributed by atoms with Gasteiger partial charge in [0.1, 0.15) is 6.54 Å². The molecule has 0 fully saturated rings. The van der Waals surface area contributed by atoms with Crippen LogP contribution in [0.4, 0.5) is 5.69 Å². The number of benzene rings is 1. The molecule has 100 valence electrons. The number of amides is 2. The van der Waals surface area contributed by atoms with Gasteiger partial charge in [-0.2, -0.15) is 0 Å². The van der Waals surface area contributed by atoms with Crippen molar-refractivity contribution in [1.82, 2.24) is 4.90 Å². The standard InChI is InChI=1S/C14H16N2O3/c1-4-15(3)12(17)8-16-11-6-5-9(2)7-10(11)13(18)14(16)19/h5-7H,4,8H2,1-3H3. The van der Waals surface area contributed by atoms with E-state index in [0.29, 0.717) is 17.8 Å². The van der Waals surface area contributed by atoms with Crippen LogP contribution in [0.15, 0.2) is 18.2 Å². The number of hydrogen-bond acceptors (Lipinski definition) is 3. The van der Waals surface area contributed by atoms with Gasteiger partial charge in [0, 0.05) is 13.6 Å². The van der Waals surface area contributed by atoms with Crippen molar-refractivity contribution in [3.05, 3.63) is 29.3 Å². The van der Waals surface area contributed by atoms with Crippen LogP contribution in [0.25, 0.3) is 0 Å². The zero-order chi connectivity index (χ0) is 14.2. The molecule has 0 N–H and O–H groups in total. The van der Waals surface area contributed by atoms with E-state index >= 15 is 0 Å². The summed E-state index contributed by atoms with van der Waals surface area (Å²) in [6.07, 6.45) is 0. The number of anilines is 1. The van der Waals surface area contributed by atoms with Gasteiger partial charge in [0.05, 0.1) is 11.3 Å². The zero-order valence-electron chi connectivity index (χ0n) is 11.3. The molecule has 19 heavy (non-hydrogen) atoms. The van der Waals surface area contributed by atoms with Gasteiger partial charge < -0.3 is 4.90 Å². The van der Waals surface area contributed by atoms with Gasteiger partial charge in [-0.25, -0.2) is 0 Å². The molecule has 0 aliphatic carbocycles. The molecule has 1 aliphatic rings. The quantitative estimate of drug-likeness (QED) is 0.762. The summed E-state index contributed by atoms with van der Waals surface area (Å²) >= 11 is 0. The molecule has 0 aromatic heterocycles. The van der Waals surface area contributed by atoms with Gasteiger partial charge >= 0.3 is 0 Å². The van der Waals surface area contributed by atoms with Gasteiger partial charge in [-0.15, -0.1) is 0 Å². The molecular weight excluding hydrogens is 244 g/mol. The lowest BCUT2D eigenvalue weighted by Crippen LogP contribution is -2.40. The Hall–Kier alpha value is -2.17. The van der Waals surface area contributed by atoms with Gasteiger partial charge in [0.15, 0.2) is 0 Å². The van der Waals surface area contributed by atoms with Crippen LogP contribution in [-0.2, 0) is 9.59 Å². The first-order chi connectivity index (χ1) is 8.95. The minimum atomic E-state index is -0.626. The van der Waals surface area contributed by atoms with E-state index in [-0.39, 0.29) is 12.5 Å². The summed E-state index contributed by atoms with van der Waals surface area (Å²) in [5.74, 6) is -1.35. The molecule has 0 bridgehead atoms.